The van der Waals surface area contributed by atoms with Crippen LogP contribution in [0.2, 0.25) is 0 Å². The van der Waals surface area contributed by atoms with E-state index in [4.69, 9.17) is 9.47 Å². The maximum absolute atomic E-state index is 12.6. The molecule has 0 aromatic carbocycles. The van der Waals surface area contributed by atoms with Crippen LogP contribution in [0.1, 0.15) is 67.2 Å². The van der Waals surface area contributed by atoms with Crippen LogP contribution in [0.15, 0.2) is 0 Å². The summed E-state index contributed by atoms with van der Waals surface area (Å²) in [6.45, 7) is 10.8. The Hall–Kier alpha value is -1.46. The van der Waals surface area contributed by atoms with Crippen molar-refractivity contribution < 1.29 is 19.1 Å². The van der Waals surface area contributed by atoms with Gasteiger partial charge in [-0.1, -0.05) is 6.42 Å². The van der Waals surface area contributed by atoms with Gasteiger partial charge in [0, 0.05) is 0 Å². The maximum Gasteiger partial charge on any atom is 0.429 e. The minimum absolute atomic E-state index is 0.00359. The number of rotatable bonds is 1. The molecule has 0 aromatic heterocycles. The van der Waals surface area contributed by atoms with Gasteiger partial charge in [-0.2, -0.15) is 0 Å². The van der Waals surface area contributed by atoms with E-state index < -0.39 is 23.4 Å². The summed E-state index contributed by atoms with van der Waals surface area (Å²) in [6, 6.07) is -0.00359. The molecule has 2 saturated carbocycles. The zero-order chi connectivity index (χ0) is 17.4. The molecular weight excluding hydrogens is 296 g/mol. The lowest BCUT2D eigenvalue weighted by molar-refractivity contribution is -0.0162. The van der Waals surface area contributed by atoms with E-state index in [0.29, 0.717) is 11.8 Å². The smallest absolute Gasteiger partial charge is 0.429 e. The Balaban J connectivity index is 2.08. The molecule has 6 heteroatoms. The first-order valence-electron chi connectivity index (χ1n) is 8.46. The molecule has 0 radical (unpaired) electrons. The minimum atomic E-state index is -0.619. The fraction of sp³-hybridized carbons (Fsp3) is 0.882. The van der Waals surface area contributed by atoms with Crippen LogP contribution >= 0.6 is 0 Å². The van der Waals surface area contributed by atoms with Crippen molar-refractivity contribution in [3.63, 3.8) is 0 Å². The summed E-state index contributed by atoms with van der Waals surface area (Å²) in [5.41, 5.74) is 1.40. The van der Waals surface area contributed by atoms with Crippen LogP contribution in [0, 0.1) is 11.8 Å². The number of fused-ring (bicyclic) bond motifs is 2. The topological polar surface area (TPSA) is 67.9 Å². The molecule has 2 rings (SSSR count). The van der Waals surface area contributed by atoms with Crippen LogP contribution in [-0.4, -0.2) is 34.4 Å². The van der Waals surface area contributed by atoms with Gasteiger partial charge in [0.05, 0.1) is 6.04 Å². The number of nitrogens with zero attached hydrogens (tertiary/aromatic N) is 1. The summed E-state index contributed by atoms with van der Waals surface area (Å²) in [5.74, 6) is 1.08. The Morgan fingerprint density at radius 1 is 0.957 bits per heavy atom. The predicted molar refractivity (Wildman–Crippen MR) is 86.7 cm³/mol. The average Bonchev–Trinajstić information content (AvgIpc) is 2.93. The second-order valence-corrected chi connectivity index (χ2v) is 8.71. The highest BCUT2D eigenvalue weighted by molar-refractivity contribution is 5.74. The molecule has 6 nitrogen and oxygen atoms in total. The van der Waals surface area contributed by atoms with E-state index in [2.05, 4.69) is 5.43 Å². The predicted octanol–water partition coefficient (Wildman–Crippen LogP) is 3.85. The van der Waals surface area contributed by atoms with E-state index in [1.54, 1.807) is 20.8 Å². The summed E-state index contributed by atoms with van der Waals surface area (Å²) >= 11 is 0. The highest BCUT2D eigenvalue weighted by Crippen LogP contribution is 2.46. The second kappa shape index (κ2) is 6.21. The lowest BCUT2D eigenvalue weighted by Crippen LogP contribution is -2.55. The van der Waals surface area contributed by atoms with Gasteiger partial charge in [0.25, 0.3) is 0 Å². The summed E-state index contributed by atoms with van der Waals surface area (Å²) in [4.78, 5) is 24.7. The highest BCUT2D eigenvalue weighted by Gasteiger charge is 2.45. The molecule has 132 valence electrons. The van der Waals surface area contributed by atoms with Crippen LogP contribution in [0.5, 0.6) is 0 Å². The largest absolute Gasteiger partial charge is 0.443 e. The van der Waals surface area contributed by atoms with Gasteiger partial charge in [0.15, 0.2) is 0 Å². The van der Waals surface area contributed by atoms with Crippen LogP contribution in [0.4, 0.5) is 9.59 Å². The monoisotopic (exact) mass is 326 g/mol. The number of nitrogens with one attached hydrogen (secondary N) is 1. The van der Waals surface area contributed by atoms with Crippen molar-refractivity contribution in [2.24, 2.45) is 11.8 Å². The van der Waals surface area contributed by atoms with Crippen LogP contribution in [-0.2, 0) is 9.47 Å². The Labute approximate surface area is 138 Å². The normalized spacial score (nSPS) is 26.8. The molecule has 1 N–H and O–H groups in total. The molecular formula is C17H30N2O4. The Bertz CT molecular complexity index is 464. The van der Waals surface area contributed by atoms with Crippen molar-refractivity contribution in [1.82, 2.24) is 10.4 Å². The number of ether oxygens (including phenoxy) is 2. The molecule has 3 atom stereocenters. The van der Waals surface area contributed by atoms with Crippen LogP contribution in [0.3, 0.4) is 0 Å². The minimum Gasteiger partial charge on any atom is -0.443 e. The van der Waals surface area contributed by atoms with Crippen molar-refractivity contribution in [3.8, 4) is 0 Å². The van der Waals surface area contributed by atoms with Gasteiger partial charge in [-0.15, -0.1) is 0 Å². The Kier molecular flexibility index (Phi) is 4.83. The van der Waals surface area contributed by atoms with Crippen molar-refractivity contribution in [3.05, 3.63) is 0 Å². The third-order valence-corrected chi connectivity index (χ3v) is 4.23. The molecule has 1 unspecified atom stereocenters. The number of amides is 2. The Morgan fingerprint density at radius 3 is 2.00 bits per heavy atom. The first-order chi connectivity index (χ1) is 10.4. The molecule has 0 aliphatic heterocycles. The molecule has 2 aliphatic carbocycles. The van der Waals surface area contributed by atoms with Crippen molar-refractivity contribution in [2.45, 2.75) is 84.5 Å². The van der Waals surface area contributed by atoms with Gasteiger partial charge in [-0.05, 0) is 72.6 Å². The molecule has 0 saturated heterocycles. The van der Waals surface area contributed by atoms with E-state index >= 15 is 0 Å². The van der Waals surface area contributed by atoms with Crippen molar-refractivity contribution in [2.75, 3.05) is 0 Å². The third kappa shape index (κ3) is 5.01. The fourth-order valence-corrected chi connectivity index (χ4v) is 3.50. The van der Waals surface area contributed by atoms with E-state index in [-0.39, 0.29) is 6.04 Å². The standard InChI is InChI=1S/C17H30N2O4/c1-16(2,3)22-14(20)18-19(15(21)23-17(4,5)6)13-10-11-7-8-12(13)9-11/h11-13H,7-10H2,1-6H3,(H,18,20)/t11-,12+,13?/m1/s1. The van der Waals surface area contributed by atoms with Gasteiger partial charge in [-0.3, -0.25) is 0 Å². The van der Waals surface area contributed by atoms with E-state index in [0.717, 1.165) is 19.3 Å². The van der Waals surface area contributed by atoms with Crippen molar-refractivity contribution in [1.29, 1.82) is 0 Å². The number of hydrogen-bond acceptors (Lipinski definition) is 4. The molecule has 2 bridgehead atoms. The molecule has 2 aliphatic rings. The average molecular weight is 326 g/mol. The number of carbonyl (C=O) groups excluding carboxylic acids is 2. The van der Waals surface area contributed by atoms with E-state index in [9.17, 15) is 9.59 Å². The zero-order valence-corrected chi connectivity index (χ0v) is 15.1. The molecule has 0 heterocycles. The molecule has 0 spiro atoms. The van der Waals surface area contributed by atoms with Crippen LogP contribution in [0.25, 0.3) is 0 Å². The first-order valence-corrected chi connectivity index (χ1v) is 8.46. The third-order valence-electron chi connectivity index (χ3n) is 4.23. The highest BCUT2D eigenvalue weighted by atomic mass is 16.6. The summed E-state index contributed by atoms with van der Waals surface area (Å²) in [6.07, 6.45) is 3.23. The number of hydrogen-bond donors (Lipinski definition) is 1. The van der Waals surface area contributed by atoms with E-state index in [1.165, 1.54) is 11.4 Å². The summed E-state index contributed by atoms with van der Waals surface area (Å²) in [5, 5.41) is 1.36. The lowest BCUT2D eigenvalue weighted by atomic mass is 9.95. The van der Waals surface area contributed by atoms with Crippen LogP contribution < -0.4 is 5.43 Å². The second-order valence-electron chi connectivity index (χ2n) is 8.71. The fourth-order valence-electron chi connectivity index (χ4n) is 3.50. The molecule has 2 fully saturated rings. The zero-order valence-electron chi connectivity index (χ0n) is 15.1. The lowest BCUT2D eigenvalue weighted by Gasteiger charge is -2.35. The summed E-state index contributed by atoms with van der Waals surface area (Å²) in [7, 11) is 0. The first kappa shape index (κ1) is 17.9. The van der Waals surface area contributed by atoms with Gasteiger partial charge < -0.3 is 9.47 Å². The Morgan fingerprint density at radius 2 is 1.57 bits per heavy atom. The van der Waals surface area contributed by atoms with E-state index in [1.807, 2.05) is 20.8 Å². The number of carbonyl (C=O) groups is 2. The quantitative estimate of drug-likeness (QED) is 0.743. The number of hydrazine groups is 1. The van der Waals surface area contributed by atoms with Gasteiger partial charge in [-0.25, -0.2) is 20.0 Å². The van der Waals surface area contributed by atoms with Crippen molar-refractivity contribution >= 4 is 12.2 Å². The molecule has 2 amide bonds. The molecule has 23 heavy (non-hydrogen) atoms. The van der Waals surface area contributed by atoms with Gasteiger partial charge in [0.2, 0.25) is 0 Å². The SMILES string of the molecule is CC(C)(C)OC(=O)NN(C(=O)OC(C)(C)C)C1C[C@@H]2CC[C@H]1C2. The maximum atomic E-state index is 12.6. The summed E-state index contributed by atoms with van der Waals surface area (Å²) < 4.78 is 10.8. The van der Waals surface area contributed by atoms with Gasteiger partial charge in [0.1, 0.15) is 11.2 Å². The van der Waals surface area contributed by atoms with Gasteiger partial charge >= 0.3 is 12.2 Å². The molecule has 0 aromatic rings.